The number of carboxylic acid groups (broad SMARTS) is 1. The first kappa shape index (κ1) is 17.7. The minimum absolute atomic E-state index is 0.192. The van der Waals surface area contributed by atoms with Crippen molar-refractivity contribution in [2.75, 3.05) is 13.1 Å². The van der Waals surface area contributed by atoms with Crippen molar-refractivity contribution >= 4 is 12.0 Å². The Hall–Kier alpha value is -1.26. The van der Waals surface area contributed by atoms with E-state index in [1.165, 1.54) is 0 Å². The number of urea groups is 1. The zero-order chi connectivity index (χ0) is 15.3. The van der Waals surface area contributed by atoms with E-state index in [-0.39, 0.29) is 6.03 Å². The monoisotopic (exact) mass is 272 g/mol. The molecule has 0 aromatic heterocycles. The molecule has 19 heavy (non-hydrogen) atoms. The maximum Gasteiger partial charge on any atom is 0.317 e. The Morgan fingerprint density at radius 2 is 1.47 bits per heavy atom. The minimum Gasteiger partial charge on any atom is -0.481 e. The molecule has 112 valence electrons. The Bertz CT molecular complexity index is 319. The predicted molar refractivity (Wildman–Crippen MR) is 76.2 cm³/mol. The van der Waals surface area contributed by atoms with Crippen molar-refractivity contribution in [2.24, 2.45) is 5.41 Å². The Labute approximate surface area is 116 Å². The van der Waals surface area contributed by atoms with Gasteiger partial charge in [0.05, 0.1) is 11.0 Å². The summed E-state index contributed by atoms with van der Waals surface area (Å²) in [5.74, 6) is -0.921. The lowest BCUT2D eigenvalue weighted by atomic mass is 9.74. The molecule has 0 heterocycles. The fourth-order valence-electron chi connectivity index (χ4n) is 1.62. The van der Waals surface area contributed by atoms with Gasteiger partial charge >= 0.3 is 12.0 Å². The summed E-state index contributed by atoms with van der Waals surface area (Å²) in [6, 6.07) is -0.192. The van der Waals surface area contributed by atoms with Gasteiger partial charge in [0.2, 0.25) is 0 Å². The smallest absolute Gasteiger partial charge is 0.317 e. The van der Waals surface area contributed by atoms with Crippen LogP contribution in [0.15, 0.2) is 0 Å². The van der Waals surface area contributed by atoms with Crippen LogP contribution in [-0.2, 0) is 4.79 Å². The molecule has 0 unspecified atom stereocenters. The quantitative estimate of drug-likeness (QED) is 0.748. The first-order valence-corrected chi connectivity index (χ1v) is 6.90. The molecule has 0 spiro atoms. The number of hydrogen-bond acceptors (Lipinski definition) is 2. The maximum atomic E-state index is 12.2. The topological polar surface area (TPSA) is 69.6 Å². The molecule has 0 aromatic rings. The van der Waals surface area contributed by atoms with E-state index in [9.17, 15) is 14.7 Å². The Morgan fingerprint density at radius 1 is 1.05 bits per heavy atom. The summed E-state index contributed by atoms with van der Waals surface area (Å²) >= 11 is 0. The minimum atomic E-state index is -1.03. The molecule has 0 saturated heterocycles. The van der Waals surface area contributed by atoms with Crippen LogP contribution in [0.5, 0.6) is 0 Å². The third-order valence-corrected chi connectivity index (χ3v) is 3.79. The zero-order valence-corrected chi connectivity index (χ0v) is 13.0. The Kier molecular flexibility index (Phi) is 6.33. The van der Waals surface area contributed by atoms with Gasteiger partial charge in [-0.15, -0.1) is 0 Å². The standard InChI is InChI=1S/C14H28N2O3/c1-7-9-16(10-8-2)12(19)15-14(5,6)13(3,4)11(17)18/h7-10H2,1-6H3,(H,15,19)(H,17,18). The van der Waals surface area contributed by atoms with E-state index in [2.05, 4.69) is 5.32 Å². The number of nitrogens with one attached hydrogen (secondary N) is 1. The number of carbonyl (C=O) groups excluding carboxylic acids is 1. The number of nitrogens with zero attached hydrogens (tertiary/aromatic N) is 1. The lowest BCUT2D eigenvalue weighted by Crippen LogP contribution is -2.59. The van der Waals surface area contributed by atoms with E-state index >= 15 is 0 Å². The van der Waals surface area contributed by atoms with Crippen LogP contribution in [0.1, 0.15) is 54.4 Å². The summed E-state index contributed by atoms with van der Waals surface area (Å²) in [5, 5.41) is 12.1. The molecule has 0 saturated carbocycles. The lowest BCUT2D eigenvalue weighted by molar-refractivity contribution is -0.150. The molecule has 0 bridgehead atoms. The highest BCUT2D eigenvalue weighted by atomic mass is 16.4. The van der Waals surface area contributed by atoms with Crippen molar-refractivity contribution in [2.45, 2.75) is 59.9 Å². The normalized spacial score (nSPS) is 12.1. The molecular formula is C14H28N2O3. The fraction of sp³-hybridized carbons (Fsp3) is 0.857. The van der Waals surface area contributed by atoms with Crippen LogP contribution in [0.2, 0.25) is 0 Å². The van der Waals surface area contributed by atoms with Gasteiger partial charge in [-0.3, -0.25) is 4.79 Å². The van der Waals surface area contributed by atoms with Gasteiger partial charge in [0.1, 0.15) is 0 Å². The van der Waals surface area contributed by atoms with Crippen molar-refractivity contribution in [1.29, 1.82) is 0 Å². The summed E-state index contributed by atoms with van der Waals surface area (Å²) in [7, 11) is 0. The SMILES string of the molecule is CCCN(CCC)C(=O)NC(C)(C)C(C)(C)C(=O)O. The van der Waals surface area contributed by atoms with Crippen molar-refractivity contribution in [3.8, 4) is 0 Å². The van der Waals surface area contributed by atoms with Gasteiger partial charge in [-0.25, -0.2) is 4.79 Å². The average molecular weight is 272 g/mol. The van der Waals surface area contributed by atoms with Crippen molar-refractivity contribution in [1.82, 2.24) is 10.2 Å². The van der Waals surface area contributed by atoms with E-state index in [0.717, 1.165) is 12.8 Å². The van der Waals surface area contributed by atoms with Crippen LogP contribution >= 0.6 is 0 Å². The summed E-state index contributed by atoms with van der Waals surface area (Å²) in [6.45, 7) is 12.1. The highest BCUT2D eigenvalue weighted by molar-refractivity contribution is 5.79. The molecule has 0 aliphatic rings. The zero-order valence-electron chi connectivity index (χ0n) is 13.0. The number of carboxylic acids is 1. The van der Waals surface area contributed by atoms with Crippen molar-refractivity contribution in [3.63, 3.8) is 0 Å². The Balaban J connectivity index is 4.90. The van der Waals surface area contributed by atoms with Gasteiger partial charge < -0.3 is 15.3 Å². The van der Waals surface area contributed by atoms with E-state index in [1.807, 2.05) is 13.8 Å². The second kappa shape index (κ2) is 6.78. The maximum absolute atomic E-state index is 12.2. The van der Waals surface area contributed by atoms with Crippen LogP contribution < -0.4 is 5.32 Å². The highest BCUT2D eigenvalue weighted by Crippen LogP contribution is 2.30. The van der Waals surface area contributed by atoms with Crippen molar-refractivity contribution < 1.29 is 14.7 Å². The molecule has 0 aromatic carbocycles. The molecule has 0 radical (unpaired) electrons. The van der Waals surface area contributed by atoms with Crippen LogP contribution in [0.3, 0.4) is 0 Å². The molecule has 2 amide bonds. The van der Waals surface area contributed by atoms with E-state index in [0.29, 0.717) is 13.1 Å². The number of aliphatic carboxylic acids is 1. The van der Waals surface area contributed by atoms with E-state index in [1.54, 1.807) is 32.6 Å². The molecule has 0 rings (SSSR count). The summed E-state index contributed by atoms with van der Waals surface area (Å²) in [4.78, 5) is 25.3. The second-order valence-corrected chi connectivity index (χ2v) is 5.97. The van der Waals surface area contributed by atoms with Gasteiger partial charge in [-0.2, -0.15) is 0 Å². The van der Waals surface area contributed by atoms with Crippen LogP contribution in [0, 0.1) is 5.41 Å². The van der Waals surface area contributed by atoms with E-state index < -0.39 is 16.9 Å². The lowest BCUT2D eigenvalue weighted by Gasteiger charge is -2.40. The first-order valence-electron chi connectivity index (χ1n) is 6.90. The van der Waals surface area contributed by atoms with Crippen molar-refractivity contribution in [3.05, 3.63) is 0 Å². The van der Waals surface area contributed by atoms with Gasteiger partial charge in [0, 0.05) is 13.1 Å². The third-order valence-electron chi connectivity index (χ3n) is 3.79. The van der Waals surface area contributed by atoms with Crippen LogP contribution in [0.4, 0.5) is 4.79 Å². The molecular weight excluding hydrogens is 244 g/mol. The average Bonchev–Trinajstić information content (AvgIpc) is 2.27. The number of rotatable bonds is 7. The second-order valence-electron chi connectivity index (χ2n) is 5.97. The largest absolute Gasteiger partial charge is 0.481 e. The third kappa shape index (κ3) is 4.40. The Morgan fingerprint density at radius 3 is 1.79 bits per heavy atom. The van der Waals surface area contributed by atoms with Gasteiger partial charge in [-0.05, 0) is 40.5 Å². The molecule has 2 N–H and O–H groups in total. The number of hydrogen-bond donors (Lipinski definition) is 2. The summed E-state index contributed by atoms with van der Waals surface area (Å²) < 4.78 is 0. The molecule has 5 nitrogen and oxygen atoms in total. The molecule has 0 fully saturated rings. The summed E-state index contributed by atoms with van der Waals surface area (Å²) in [5.41, 5.74) is -1.86. The van der Waals surface area contributed by atoms with Crippen LogP contribution in [-0.4, -0.2) is 40.6 Å². The first-order chi connectivity index (χ1) is 8.60. The van der Waals surface area contributed by atoms with Crippen LogP contribution in [0.25, 0.3) is 0 Å². The van der Waals surface area contributed by atoms with E-state index in [4.69, 9.17) is 0 Å². The number of amides is 2. The number of carbonyl (C=O) groups is 2. The highest BCUT2D eigenvalue weighted by Gasteiger charge is 2.44. The molecule has 0 aliphatic heterocycles. The molecule has 0 atom stereocenters. The molecule has 5 heteroatoms. The fourth-order valence-corrected chi connectivity index (χ4v) is 1.62. The van der Waals surface area contributed by atoms with Gasteiger partial charge in [0.15, 0.2) is 0 Å². The van der Waals surface area contributed by atoms with Gasteiger partial charge in [-0.1, -0.05) is 13.8 Å². The summed E-state index contributed by atoms with van der Waals surface area (Å²) in [6.07, 6.45) is 1.77. The molecule has 0 aliphatic carbocycles. The predicted octanol–water partition coefficient (Wildman–Crippen LogP) is 2.71. The van der Waals surface area contributed by atoms with Gasteiger partial charge in [0.25, 0.3) is 0 Å².